The number of nitrogens with zero attached hydrogens (tertiary/aromatic N) is 2. The van der Waals surface area contributed by atoms with Gasteiger partial charge in [0, 0.05) is 36.3 Å². The maximum atomic E-state index is 3.40. The summed E-state index contributed by atoms with van der Waals surface area (Å²) in [5, 5.41) is 0. The molecule has 2 heteroatoms. The monoisotopic (exact) mass is 767 g/mol. The molecular weight excluding hydrogens is 677 g/mol. The Morgan fingerprint density at radius 1 is 0.196 bits per heavy atom. The smallest absolute Gasteiger partial charge is 0.0135 e. The zero-order chi connectivity index (χ0) is 37.0. The van der Waals surface area contributed by atoms with Crippen molar-refractivity contribution in [3.8, 4) is 0 Å². The van der Waals surface area contributed by atoms with Crippen LogP contribution in [0.2, 0.25) is 0 Å². The molecule has 2 saturated heterocycles. The normalized spacial score (nSPS) is 50.1. The highest BCUT2D eigenvalue weighted by molar-refractivity contribution is 5.10. The first-order valence-corrected chi connectivity index (χ1v) is 27.3. The van der Waals surface area contributed by atoms with Crippen LogP contribution < -0.4 is 0 Å². The van der Waals surface area contributed by atoms with E-state index >= 15 is 0 Å². The van der Waals surface area contributed by atoms with Crippen LogP contribution in [0.15, 0.2) is 0 Å². The molecule has 0 radical (unpaired) electrons. The molecule has 9 aliphatic carbocycles. The highest BCUT2D eigenvalue weighted by atomic mass is 15.3. The molecule has 9 saturated carbocycles. The second-order valence-electron chi connectivity index (χ2n) is 24.2. The van der Waals surface area contributed by atoms with E-state index in [2.05, 4.69) is 9.80 Å². The Kier molecular flexibility index (Phi) is 12.0. The summed E-state index contributed by atoms with van der Waals surface area (Å²) in [5.74, 6) is 12.9. The van der Waals surface area contributed by atoms with E-state index in [1.165, 1.54) is 38.5 Å². The highest BCUT2D eigenvalue weighted by Gasteiger charge is 2.57. The second-order valence-corrected chi connectivity index (χ2v) is 24.2. The first kappa shape index (κ1) is 38.8. The van der Waals surface area contributed by atoms with Crippen molar-refractivity contribution >= 4 is 0 Å². The Morgan fingerprint density at radius 3 is 1.12 bits per heavy atom. The van der Waals surface area contributed by atoms with E-state index in [9.17, 15) is 0 Å². The summed E-state index contributed by atoms with van der Waals surface area (Å²) < 4.78 is 0. The van der Waals surface area contributed by atoms with E-state index < -0.39 is 0 Å². The van der Waals surface area contributed by atoms with Crippen molar-refractivity contribution < 1.29 is 0 Å². The van der Waals surface area contributed by atoms with Crippen LogP contribution in [-0.2, 0) is 0 Å². The summed E-state index contributed by atoms with van der Waals surface area (Å²) in [6, 6.07) is 5.75. The number of hydrogen-bond acceptors (Lipinski definition) is 2. The molecule has 14 atom stereocenters. The van der Waals surface area contributed by atoms with E-state index in [1.54, 1.807) is 193 Å². The van der Waals surface area contributed by atoms with Crippen molar-refractivity contribution in [2.75, 3.05) is 0 Å². The number of fused-ring (bicyclic) bond motifs is 6. The Morgan fingerprint density at radius 2 is 0.571 bits per heavy atom. The number of likely N-dealkylation sites (tertiary alicyclic amines) is 2. The number of hydrogen-bond donors (Lipinski definition) is 0. The summed E-state index contributed by atoms with van der Waals surface area (Å²) in [7, 11) is 0. The van der Waals surface area contributed by atoms with Gasteiger partial charge in [-0.1, -0.05) is 122 Å². The quantitative estimate of drug-likeness (QED) is 0.266. The van der Waals surface area contributed by atoms with Gasteiger partial charge < -0.3 is 0 Å². The minimum atomic E-state index is 0.941. The third kappa shape index (κ3) is 7.50. The van der Waals surface area contributed by atoms with Crippen LogP contribution in [-0.4, -0.2) is 46.1 Å². The maximum absolute atomic E-state index is 3.40. The molecule has 0 bridgehead atoms. The molecule has 0 aromatic carbocycles. The molecule has 11 aliphatic rings. The van der Waals surface area contributed by atoms with Crippen molar-refractivity contribution in [1.29, 1.82) is 0 Å². The molecule has 11 fully saturated rings. The third-order valence-electron chi connectivity index (χ3n) is 22.0. The SMILES string of the molecule is C1CCC(C2CCCC(C3CCC(N4C5CCCCC5C5CCC(C6CCC7C8CCCCC8N(C8CCCC(C9CCCCC9)C8)C7C6)CC54)CC3)C2)CC1. The topological polar surface area (TPSA) is 6.48 Å². The van der Waals surface area contributed by atoms with Crippen LogP contribution in [0.3, 0.4) is 0 Å². The standard InChI is InChI=1S/C54H90N2/c1-3-13-37(14-4-1)40-17-11-18-41(33-40)39-25-29-45(30-26-39)55-51-23-9-7-21-47(51)49-31-27-43(35-53(49)55)44-28-32-50-48-22-8-10-24-52(48)56(54(50)36-44)46-20-12-19-42(34-46)38-15-5-2-6-16-38/h37-54H,1-36H2. The molecule has 14 unspecified atom stereocenters. The average molecular weight is 767 g/mol. The van der Waals surface area contributed by atoms with Crippen LogP contribution in [0.5, 0.6) is 0 Å². The zero-order valence-electron chi connectivity index (χ0n) is 36.7. The summed E-state index contributed by atoms with van der Waals surface area (Å²) >= 11 is 0. The molecule has 56 heavy (non-hydrogen) atoms. The van der Waals surface area contributed by atoms with E-state index in [0.29, 0.717) is 0 Å². The van der Waals surface area contributed by atoms with E-state index in [1.807, 2.05) is 0 Å². The van der Waals surface area contributed by atoms with Gasteiger partial charge in [0.15, 0.2) is 0 Å². The molecule has 0 aromatic rings. The minimum absolute atomic E-state index is 0.941. The van der Waals surface area contributed by atoms with Crippen LogP contribution in [0.1, 0.15) is 231 Å². The van der Waals surface area contributed by atoms with Gasteiger partial charge in [0.25, 0.3) is 0 Å². The second kappa shape index (κ2) is 17.4. The molecule has 316 valence electrons. The molecule has 0 spiro atoms. The molecule has 0 N–H and O–H groups in total. The van der Waals surface area contributed by atoms with Crippen LogP contribution >= 0.6 is 0 Å². The van der Waals surface area contributed by atoms with Gasteiger partial charge in [-0.05, 0) is 180 Å². The zero-order valence-corrected chi connectivity index (χ0v) is 36.7. The number of rotatable bonds is 6. The lowest BCUT2D eigenvalue weighted by Gasteiger charge is -2.49. The Balaban J connectivity index is 0.766. The fourth-order valence-electron chi connectivity index (χ4n) is 19.6. The maximum Gasteiger partial charge on any atom is 0.0135 e. The fourth-order valence-corrected chi connectivity index (χ4v) is 19.6. The summed E-state index contributed by atoms with van der Waals surface area (Å²) in [6.45, 7) is 0. The van der Waals surface area contributed by atoms with Gasteiger partial charge >= 0.3 is 0 Å². The van der Waals surface area contributed by atoms with Crippen molar-refractivity contribution in [3.63, 3.8) is 0 Å². The third-order valence-corrected chi connectivity index (χ3v) is 22.0. The predicted octanol–water partition coefficient (Wildman–Crippen LogP) is 14.4. The summed E-state index contributed by atoms with van der Waals surface area (Å²) in [4.78, 5) is 6.80. The molecule has 2 heterocycles. The largest absolute Gasteiger partial charge is 0.294 e. The molecule has 0 aromatic heterocycles. The van der Waals surface area contributed by atoms with Crippen LogP contribution in [0, 0.1) is 71.0 Å². The summed E-state index contributed by atoms with van der Waals surface area (Å²) in [6.07, 6.45) is 56.6. The molecular formula is C54H90N2. The van der Waals surface area contributed by atoms with Gasteiger partial charge in [-0.3, -0.25) is 9.80 Å². The van der Waals surface area contributed by atoms with Crippen molar-refractivity contribution in [3.05, 3.63) is 0 Å². The van der Waals surface area contributed by atoms with Gasteiger partial charge in [0.05, 0.1) is 0 Å². The fraction of sp³-hybridized carbons (Fsp3) is 1.00. The first-order chi connectivity index (χ1) is 27.8. The lowest BCUT2D eigenvalue weighted by Crippen LogP contribution is -2.51. The predicted molar refractivity (Wildman–Crippen MR) is 234 cm³/mol. The molecule has 0 amide bonds. The first-order valence-electron chi connectivity index (χ1n) is 27.3. The molecule has 2 nitrogen and oxygen atoms in total. The van der Waals surface area contributed by atoms with Gasteiger partial charge in [-0.15, -0.1) is 0 Å². The van der Waals surface area contributed by atoms with Gasteiger partial charge in [0.2, 0.25) is 0 Å². The summed E-state index contributed by atoms with van der Waals surface area (Å²) in [5.41, 5.74) is 0. The average Bonchev–Trinajstić information content (AvgIpc) is 3.79. The van der Waals surface area contributed by atoms with Gasteiger partial charge in [-0.25, -0.2) is 0 Å². The van der Waals surface area contributed by atoms with E-state index in [4.69, 9.17) is 0 Å². The lowest BCUT2D eigenvalue weighted by molar-refractivity contribution is 0.00458. The van der Waals surface area contributed by atoms with E-state index in [0.717, 1.165) is 107 Å². The Labute approximate surface area is 347 Å². The van der Waals surface area contributed by atoms with Gasteiger partial charge in [-0.2, -0.15) is 0 Å². The van der Waals surface area contributed by atoms with Crippen molar-refractivity contribution in [1.82, 2.24) is 9.80 Å². The van der Waals surface area contributed by atoms with Crippen LogP contribution in [0.25, 0.3) is 0 Å². The van der Waals surface area contributed by atoms with Crippen molar-refractivity contribution in [2.24, 2.45) is 71.0 Å². The molecule has 2 aliphatic heterocycles. The minimum Gasteiger partial charge on any atom is -0.294 e. The van der Waals surface area contributed by atoms with E-state index in [-0.39, 0.29) is 0 Å². The van der Waals surface area contributed by atoms with Crippen molar-refractivity contribution in [2.45, 2.75) is 267 Å². The lowest BCUT2D eigenvalue weighted by atomic mass is 9.63. The highest BCUT2D eigenvalue weighted by Crippen LogP contribution is 2.58. The van der Waals surface area contributed by atoms with Gasteiger partial charge in [0.1, 0.15) is 0 Å². The Bertz CT molecular complexity index is 1260. The van der Waals surface area contributed by atoms with Crippen LogP contribution in [0.4, 0.5) is 0 Å². The molecule has 11 rings (SSSR count). The Hall–Kier alpha value is -0.0800.